The largest absolute Gasteiger partial charge is 0.508 e. The molecule has 1 heterocycles. The van der Waals surface area contributed by atoms with E-state index in [2.05, 4.69) is 10.2 Å². The van der Waals surface area contributed by atoms with Crippen LogP contribution in [0.4, 0.5) is 0 Å². The molecule has 0 unspecified atom stereocenters. The van der Waals surface area contributed by atoms with E-state index in [4.69, 9.17) is 10.2 Å². The molecule has 0 spiro atoms. The zero-order chi connectivity index (χ0) is 11.7. The molecule has 0 aliphatic rings. The lowest BCUT2D eigenvalue weighted by Crippen LogP contribution is -1.95. The fourth-order valence-corrected chi connectivity index (χ4v) is 1.31. The van der Waals surface area contributed by atoms with Crippen LogP contribution in [-0.4, -0.2) is 31.5 Å². The summed E-state index contributed by atoms with van der Waals surface area (Å²) in [4.78, 5) is 10.6. The highest BCUT2D eigenvalue weighted by atomic mass is 16.4. The number of nitrogens with one attached hydrogen (secondary N) is 1. The lowest BCUT2D eigenvalue weighted by Gasteiger charge is -2.00. The number of aromatic nitrogens is 2. The van der Waals surface area contributed by atoms with Gasteiger partial charge in [0.1, 0.15) is 17.2 Å². The van der Waals surface area contributed by atoms with E-state index in [-0.39, 0.29) is 17.2 Å². The molecule has 1 aromatic heterocycles. The lowest BCUT2D eigenvalue weighted by atomic mass is 10.1. The predicted octanol–water partition coefficient (Wildman–Crippen LogP) is 1.19. The molecule has 0 aliphatic carbocycles. The summed E-state index contributed by atoms with van der Waals surface area (Å²) in [6, 6.07) is 5.29. The van der Waals surface area contributed by atoms with Crippen molar-refractivity contribution in [2.45, 2.75) is 0 Å². The molecular formula is C10H8N2O4. The van der Waals surface area contributed by atoms with Gasteiger partial charge in [0.05, 0.1) is 5.69 Å². The quantitative estimate of drug-likeness (QED) is 0.608. The number of benzene rings is 1. The minimum Gasteiger partial charge on any atom is -0.508 e. The number of carboxylic acid groups (broad SMARTS) is 1. The van der Waals surface area contributed by atoms with Gasteiger partial charge < -0.3 is 15.3 Å². The van der Waals surface area contributed by atoms with Crippen molar-refractivity contribution in [1.29, 1.82) is 0 Å². The van der Waals surface area contributed by atoms with Crippen LogP contribution in [0.3, 0.4) is 0 Å². The van der Waals surface area contributed by atoms with Crippen molar-refractivity contribution in [3.63, 3.8) is 0 Å². The second-order valence-corrected chi connectivity index (χ2v) is 3.17. The summed E-state index contributed by atoms with van der Waals surface area (Å²) in [6.07, 6.45) is 0. The van der Waals surface area contributed by atoms with Gasteiger partial charge in [0.15, 0.2) is 0 Å². The molecule has 1 aromatic carbocycles. The number of nitrogens with zero attached hydrogens (tertiary/aromatic N) is 1. The van der Waals surface area contributed by atoms with Gasteiger partial charge in [-0.1, -0.05) is 0 Å². The average molecular weight is 220 g/mol. The first-order valence-electron chi connectivity index (χ1n) is 4.39. The maximum atomic E-state index is 10.6. The summed E-state index contributed by atoms with van der Waals surface area (Å²) in [5.41, 5.74) is 0.582. The lowest BCUT2D eigenvalue weighted by molar-refractivity contribution is 0.0690. The Morgan fingerprint density at radius 3 is 2.56 bits per heavy atom. The number of H-pyrrole nitrogens is 1. The zero-order valence-corrected chi connectivity index (χ0v) is 8.01. The van der Waals surface area contributed by atoms with Gasteiger partial charge in [0.25, 0.3) is 0 Å². The number of aromatic hydroxyl groups is 2. The number of aromatic amines is 1. The van der Waals surface area contributed by atoms with Crippen LogP contribution in [0.1, 0.15) is 10.5 Å². The summed E-state index contributed by atoms with van der Waals surface area (Å²) in [5.74, 6) is -1.37. The van der Waals surface area contributed by atoms with Crippen molar-refractivity contribution in [3.05, 3.63) is 30.0 Å². The highest BCUT2D eigenvalue weighted by molar-refractivity contribution is 5.87. The van der Waals surface area contributed by atoms with Crippen LogP contribution in [0, 0.1) is 0 Å². The topological polar surface area (TPSA) is 106 Å². The number of rotatable bonds is 2. The van der Waals surface area contributed by atoms with Crippen LogP contribution >= 0.6 is 0 Å². The maximum Gasteiger partial charge on any atom is 0.353 e. The molecule has 2 aromatic rings. The summed E-state index contributed by atoms with van der Waals surface area (Å²) < 4.78 is 0. The van der Waals surface area contributed by atoms with E-state index in [1.54, 1.807) is 0 Å². The zero-order valence-electron chi connectivity index (χ0n) is 8.01. The molecule has 0 radical (unpaired) electrons. The third kappa shape index (κ3) is 1.68. The summed E-state index contributed by atoms with van der Waals surface area (Å²) in [7, 11) is 0. The Morgan fingerprint density at radius 1 is 1.25 bits per heavy atom. The molecule has 4 N–H and O–H groups in total. The molecule has 0 aliphatic heterocycles. The Balaban J connectivity index is 2.46. The molecule has 16 heavy (non-hydrogen) atoms. The number of hydrogen-bond donors (Lipinski definition) is 4. The summed E-state index contributed by atoms with van der Waals surface area (Å²) in [6.45, 7) is 0. The van der Waals surface area contributed by atoms with Crippen LogP contribution in [0.15, 0.2) is 24.3 Å². The molecule has 0 saturated carbocycles. The van der Waals surface area contributed by atoms with Gasteiger partial charge in [-0.05, 0) is 18.2 Å². The van der Waals surface area contributed by atoms with Crippen LogP contribution in [0.2, 0.25) is 0 Å². The van der Waals surface area contributed by atoms with Crippen molar-refractivity contribution in [3.8, 4) is 22.8 Å². The van der Waals surface area contributed by atoms with Gasteiger partial charge in [-0.3, -0.25) is 5.10 Å². The summed E-state index contributed by atoms with van der Waals surface area (Å²) >= 11 is 0. The monoisotopic (exact) mass is 220 g/mol. The van der Waals surface area contributed by atoms with Gasteiger partial charge in [0.2, 0.25) is 0 Å². The number of carboxylic acids is 1. The molecule has 0 atom stereocenters. The summed E-state index contributed by atoms with van der Waals surface area (Å²) in [5, 5.41) is 33.4. The SMILES string of the molecule is O=C(O)c1cc(-c2ccc(O)cc2O)n[nH]1. The van der Waals surface area contributed by atoms with Crippen molar-refractivity contribution < 1.29 is 20.1 Å². The minimum absolute atomic E-state index is 0.0672. The van der Waals surface area contributed by atoms with Gasteiger partial charge in [-0.2, -0.15) is 5.10 Å². The molecule has 6 nitrogen and oxygen atoms in total. The molecule has 0 amide bonds. The fourth-order valence-electron chi connectivity index (χ4n) is 1.31. The molecule has 0 saturated heterocycles. The van der Waals surface area contributed by atoms with E-state index in [1.807, 2.05) is 0 Å². The van der Waals surface area contributed by atoms with Gasteiger partial charge in [-0.25, -0.2) is 4.79 Å². The number of phenolic OH excluding ortho intramolecular Hbond substituents is 2. The van der Waals surface area contributed by atoms with Crippen LogP contribution < -0.4 is 0 Å². The first-order valence-corrected chi connectivity index (χ1v) is 4.39. The van der Waals surface area contributed by atoms with Crippen LogP contribution in [0.25, 0.3) is 11.3 Å². The van der Waals surface area contributed by atoms with Crippen molar-refractivity contribution >= 4 is 5.97 Å². The molecule has 0 fully saturated rings. The Morgan fingerprint density at radius 2 is 2.00 bits per heavy atom. The second-order valence-electron chi connectivity index (χ2n) is 3.17. The average Bonchev–Trinajstić information content (AvgIpc) is 2.66. The van der Waals surface area contributed by atoms with Gasteiger partial charge in [0, 0.05) is 11.6 Å². The number of aromatic carboxylic acids is 1. The van der Waals surface area contributed by atoms with Crippen molar-refractivity contribution in [2.24, 2.45) is 0 Å². The highest BCUT2D eigenvalue weighted by Crippen LogP contribution is 2.30. The van der Waals surface area contributed by atoms with Crippen molar-refractivity contribution in [2.75, 3.05) is 0 Å². The van der Waals surface area contributed by atoms with E-state index in [9.17, 15) is 9.90 Å². The van der Waals surface area contributed by atoms with Crippen LogP contribution in [0.5, 0.6) is 11.5 Å². The predicted molar refractivity (Wildman–Crippen MR) is 54.3 cm³/mol. The maximum absolute atomic E-state index is 10.6. The smallest absolute Gasteiger partial charge is 0.353 e. The Hall–Kier alpha value is -2.50. The Kier molecular flexibility index (Phi) is 2.24. The molecule has 0 bridgehead atoms. The second kappa shape index (κ2) is 3.58. The first kappa shape index (κ1) is 10.0. The fraction of sp³-hybridized carbons (Fsp3) is 0. The first-order chi connectivity index (χ1) is 7.58. The third-order valence-electron chi connectivity index (χ3n) is 2.07. The molecule has 82 valence electrons. The third-order valence-corrected chi connectivity index (χ3v) is 2.07. The number of phenols is 2. The Bertz CT molecular complexity index is 548. The van der Waals surface area contributed by atoms with E-state index in [0.717, 1.165) is 6.07 Å². The molecule has 6 heteroatoms. The normalized spacial score (nSPS) is 10.2. The van der Waals surface area contributed by atoms with Crippen LogP contribution in [-0.2, 0) is 0 Å². The number of carbonyl (C=O) groups is 1. The Labute approximate surface area is 89.8 Å². The van der Waals surface area contributed by atoms with Gasteiger partial charge in [-0.15, -0.1) is 0 Å². The van der Waals surface area contributed by atoms with Crippen molar-refractivity contribution in [1.82, 2.24) is 10.2 Å². The molecular weight excluding hydrogens is 212 g/mol. The standard InChI is InChI=1S/C10H8N2O4/c13-5-1-2-6(9(14)3-5)7-4-8(10(15)16)12-11-7/h1-4,13-14H,(H,11,12)(H,15,16). The van der Waals surface area contributed by atoms with E-state index >= 15 is 0 Å². The minimum atomic E-state index is -1.13. The van der Waals surface area contributed by atoms with E-state index in [0.29, 0.717) is 11.3 Å². The highest BCUT2D eigenvalue weighted by Gasteiger charge is 2.12. The van der Waals surface area contributed by atoms with E-state index < -0.39 is 5.97 Å². The number of hydrogen-bond acceptors (Lipinski definition) is 4. The van der Waals surface area contributed by atoms with E-state index in [1.165, 1.54) is 18.2 Å². The van der Waals surface area contributed by atoms with Gasteiger partial charge >= 0.3 is 5.97 Å². The molecule has 2 rings (SSSR count).